The van der Waals surface area contributed by atoms with E-state index in [1.807, 2.05) is 18.2 Å². The van der Waals surface area contributed by atoms with Gasteiger partial charge in [0.15, 0.2) is 0 Å². The maximum Gasteiger partial charge on any atom is 0.129 e. The van der Waals surface area contributed by atoms with Crippen LogP contribution in [0.25, 0.3) is 0 Å². The van der Waals surface area contributed by atoms with Gasteiger partial charge in [0.1, 0.15) is 11.9 Å². The number of aliphatic hydroxyl groups excluding tert-OH is 1. The van der Waals surface area contributed by atoms with Crippen molar-refractivity contribution in [3.63, 3.8) is 0 Å². The smallest absolute Gasteiger partial charge is 0.129 e. The van der Waals surface area contributed by atoms with Crippen molar-refractivity contribution in [1.29, 1.82) is 0 Å². The molecule has 2 unspecified atom stereocenters. The normalized spacial score (nSPS) is 21.2. The molecule has 0 spiro atoms. The number of benzene rings is 2. The molecule has 1 N–H and O–H groups in total. The first-order valence-corrected chi connectivity index (χ1v) is 7.69. The van der Waals surface area contributed by atoms with E-state index in [4.69, 9.17) is 27.9 Å². The van der Waals surface area contributed by atoms with Gasteiger partial charge < -0.3 is 9.84 Å². The Morgan fingerprint density at radius 3 is 2.55 bits per heavy atom. The lowest BCUT2D eigenvalue weighted by Gasteiger charge is -2.31. The Morgan fingerprint density at radius 2 is 1.85 bits per heavy atom. The van der Waals surface area contributed by atoms with Crippen molar-refractivity contribution in [2.24, 2.45) is 0 Å². The van der Waals surface area contributed by atoms with E-state index in [9.17, 15) is 5.11 Å². The number of hydrogen-bond donors (Lipinski definition) is 1. The maximum absolute atomic E-state index is 10.3. The summed E-state index contributed by atoms with van der Waals surface area (Å²) in [5, 5.41) is 11.4. The van der Waals surface area contributed by atoms with Crippen LogP contribution in [0, 0.1) is 0 Å². The Morgan fingerprint density at radius 1 is 1.15 bits per heavy atom. The van der Waals surface area contributed by atoms with E-state index in [2.05, 4.69) is 15.9 Å². The average molecular weight is 374 g/mol. The molecule has 2 aromatic rings. The van der Waals surface area contributed by atoms with Crippen molar-refractivity contribution in [1.82, 2.24) is 0 Å². The number of aliphatic hydroxyl groups is 1. The molecule has 20 heavy (non-hydrogen) atoms. The number of hydrogen-bond acceptors (Lipinski definition) is 2. The molecule has 0 radical (unpaired) electrons. The first-order valence-electron chi connectivity index (χ1n) is 6.14. The molecule has 3 rings (SSSR count). The quantitative estimate of drug-likeness (QED) is 0.733. The molecule has 1 aliphatic rings. The highest BCUT2D eigenvalue weighted by atomic mass is 79.9. The molecular weight excluding hydrogens is 363 g/mol. The Hall–Kier alpha value is -0.740. The SMILES string of the molecule is OC1CC(c2c(Cl)cccc2Cl)Oc2ccc(Br)cc21. The molecule has 0 aliphatic carbocycles. The summed E-state index contributed by atoms with van der Waals surface area (Å²) >= 11 is 15.8. The molecule has 2 atom stereocenters. The van der Waals surface area contributed by atoms with Crippen LogP contribution in [-0.4, -0.2) is 5.11 Å². The van der Waals surface area contributed by atoms with Crippen LogP contribution in [0.2, 0.25) is 10.0 Å². The number of ether oxygens (including phenoxy) is 1. The van der Waals surface area contributed by atoms with E-state index < -0.39 is 6.10 Å². The predicted molar refractivity (Wildman–Crippen MR) is 83.5 cm³/mol. The molecular formula is C15H11BrCl2O2. The van der Waals surface area contributed by atoms with Gasteiger partial charge in [-0.2, -0.15) is 0 Å². The van der Waals surface area contributed by atoms with Gasteiger partial charge in [0.2, 0.25) is 0 Å². The molecule has 2 aromatic carbocycles. The minimum Gasteiger partial charge on any atom is -0.485 e. The Labute approximate surface area is 135 Å². The molecule has 0 amide bonds. The number of fused-ring (bicyclic) bond motifs is 1. The van der Waals surface area contributed by atoms with Crippen molar-refractivity contribution in [3.8, 4) is 5.75 Å². The highest BCUT2D eigenvalue weighted by molar-refractivity contribution is 9.10. The molecule has 0 saturated carbocycles. The van der Waals surface area contributed by atoms with Gasteiger partial charge in [-0.15, -0.1) is 0 Å². The third-order valence-electron chi connectivity index (χ3n) is 3.36. The van der Waals surface area contributed by atoms with Gasteiger partial charge in [-0.25, -0.2) is 0 Å². The van der Waals surface area contributed by atoms with Gasteiger partial charge >= 0.3 is 0 Å². The summed E-state index contributed by atoms with van der Waals surface area (Å²) < 4.78 is 6.87. The van der Waals surface area contributed by atoms with Crippen molar-refractivity contribution in [2.45, 2.75) is 18.6 Å². The molecule has 2 nitrogen and oxygen atoms in total. The van der Waals surface area contributed by atoms with Crippen LogP contribution in [0.5, 0.6) is 5.75 Å². The molecule has 1 heterocycles. The van der Waals surface area contributed by atoms with Crippen molar-refractivity contribution >= 4 is 39.1 Å². The molecule has 104 valence electrons. The fourth-order valence-corrected chi connectivity index (χ4v) is 3.43. The molecule has 0 bridgehead atoms. The monoisotopic (exact) mass is 372 g/mol. The molecule has 0 aromatic heterocycles. The maximum atomic E-state index is 10.3. The number of rotatable bonds is 1. The molecule has 1 aliphatic heterocycles. The fraction of sp³-hybridized carbons (Fsp3) is 0.200. The zero-order chi connectivity index (χ0) is 14.3. The van der Waals surface area contributed by atoms with E-state index in [1.165, 1.54) is 0 Å². The predicted octanol–water partition coefficient (Wildman–Crippen LogP) is 5.31. The van der Waals surface area contributed by atoms with Crippen LogP contribution >= 0.6 is 39.1 Å². The highest BCUT2D eigenvalue weighted by Crippen LogP contribution is 2.44. The summed E-state index contributed by atoms with van der Waals surface area (Å²) in [7, 11) is 0. The third kappa shape index (κ3) is 2.56. The summed E-state index contributed by atoms with van der Waals surface area (Å²) in [5.41, 5.74) is 1.50. The van der Waals surface area contributed by atoms with Crippen molar-refractivity contribution in [2.75, 3.05) is 0 Å². The van der Waals surface area contributed by atoms with Crippen molar-refractivity contribution in [3.05, 3.63) is 62.0 Å². The fourth-order valence-electron chi connectivity index (χ4n) is 2.41. The van der Waals surface area contributed by atoms with Crippen LogP contribution in [0.15, 0.2) is 40.9 Å². The largest absolute Gasteiger partial charge is 0.485 e. The standard InChI is InChI=1S/C15H11BrCl2O2/c16-8-4-5-13-9(6-8)12(19)7-14(20-13)15-10(17)2-1-3-11(15)18/h1-6,12,14,19H,7H2. The lowest BCUT2D eigenvalue weighted by atomic mass is 9.95. The zero-order valence-electron chi connectivity index (χ0n) is 10.3. The van der Waals surface area contributed by atoms with Crippen molar-refractivity contribution < 1.29 is 9.84 Å². The number of halogens is 3. The Bertz CT molecular complexity index is 640. The van der Waals surface area contributed by atoms with Crippen LogP contribution in [0.4, 0.5) is 0 Å². The Kier molecular flexibility index (Phi) is 3.95. The minimum absolute atomic E-state index is 0.347. The van der Waals surface area contributed by atoms with Gasteiger partial charge in [0, 0.05) is 32.1 Å². The summed E-state index contributed by atoms with van der Waals surface area (Å²) in [6, 6.07) is 10.9. The zero-order valence-corrected chi connectivity index (χ0v) is 13.4. The summed E-state index contributed by atoms with van der Waals surface area (Å²) in [6.07, 6.45) is -0.527. The van der Waals surface area contributed by atoms with Crippen LogP contribution < -0.4 is 4.74 Å². The summed E-state index contributed by atoms with van der Waals surface area (Å²) in [5.74, 6) is 0.660. The molecule has 0 fully saturated rings. The van der Waals surface area contributed by atoms with E-state index in [0.717, 1.165) is 15.6 Å². The molecule has 0 saturated heterocycles. The van der Waals surface area contributed by atoms with Gasteiger partial charge in [0.25, 0.3) is 0 Å². The van der Waals surface area contributed by atoms with Gasteiger partial charge in [-0.05, 0) is 30.3 Å². The van der Waals surface area contributed by atoms with Gasteiger partial charge in [-0.1, -0.05) is 45.2 Å². The van der Waals surface area contributed by atoms with E-state index in [1.54, 1.807) is 18.2 Å². The van der Waals surface area contributed by atoms with Crippen LogP contribution in [0.1, 0.15) is 29.8 Å². The first-order chi connectivity index (χ1) is 9.56. The third-order valence-corrected chi connectivity index (χ3v) is 4.51. The topological polar surface area (TPSA) is 29.5 Å². The van der Waals surface area contributed by atoms with E-state index in [-0.39, 0.29) is 6.10 Å². The summed E-state index contributed by atoms with van der Waals surface area (Å²) in [4.78, 5) is 0. The highest BCUT2D eigenvalue weighted by Gasteiger charge is 2.30. The van der Waals surface area contributed by atoms with E-state index >= 15 is 0 Å². The minimum atomic E-state index is -0.603. The van der Waals surface area contributed by atoms with Gasteiger partial charge in [-0.3, -0.25) is 0 Å². The Balaban J connectivity index is 2.01. The lowest BCUT2D eigenvalue weighted by Crippen LogP contribution is -2.19. The van der Waals surface area contributed by atoms with Gasteiger partial charge in [0.05, 0.1) is 6.10 Å². The second-order valence-electron chi connectivity index (χ2n) is 4.68. The second-order valence-corrected chi connectivity index (χ2v) is 6.41. The second kappa shape index (κ2) is 5.57. The first kappa shape index (κ1) is 14.2. The van der Waals surface area contributed by atoms with Crippen LogP contribution in [0.3, 0.4) is 0 Å². The summed E-state index contributed by atoms with van der Waals surface area (Å²) in [6.45, 7) is 0. The molecule has 5 heteroatoms. The van der Waals surface area contributed by atoms with Crippen LogP contribution in [-0.2, 0) is 0 Å². The average Bonchev–Trinajstić information content (AvgIpc) is 2.39. The lowest BCUT2D eigenvalue weighted by molar-refractivity contribution is 0.0658. The van der Waals surface area contributed by atoms with E-state index in [0.29, 0.717) is 22.2 Å².